The van der Waals surface area contributed by atoms with E-state index >= 15 is 0 Å². The van der Waals surface area contributed by atoms with Gasteiger partial charge in [-0.2, -0.15) is 0 Å². The van der Waals surface area contributed by atoms with Crippen molar-refractivity contribution in [3.8, 4) is 0 Å². The van der Waals surface area contributed by atoms with Crippen molar-refractivity contribution < 1.29 is 0 Å². The van der Waals surface area contributed by atoms with Crippen LogP contribution in [0, 0.1) is 5.92 Å². The van der Waals surface area contributed by atoms with Crippen molar-refractivity contribution in [1.82, 2.24) is 10.3 Å². The molecule has 0 saturated heterocycles. The molecule has 0 fully saturated rings. The van der Waals surface area contributed by atoms with Gasteiger partial charge in [0.25, 0.3) is 0 Å². The molecule has 1 aromatic carbocycles. The van der Waals surface area contributed by atoms with Gasteiger partial charge >= 0.3 is 0 Å². The summed E-state index contributed by atoms with van der Waals surface area (Å²) in [6.07, 6.45) is 2.44. The SMILES string of the molecule is CCC(C)CC(C)NCc1[nH]c2ccccc2c1Cl. The molecule has 0 aliphatic heterocycles. The maximum Gasteiger partial charge on any atom is 0.0705 e. The second-order valence-corrected chi connectivity index (χ2v) is 5.87. The van der Waals surface area contributed by atoms with Crippen molar-refractivity contribution in [3.05, 3.63) is 35.0 Å². The predicted octanol–water partition coefficient (Wildman–Crippen LogP) is 4.74. The summed E-state index contributed by atoms with van der Waals surface area (Å²) in [6.45, 7) is 7.58. The van der Waals surface area contributed by atoms with Gasteiger partial charge in [0.2, 0.25) is 0 Å². The molecule has 0 aliphatic rings. The second kappa shape index (κ2) is 6.44. The monoisotopic (exact) mass is 278 g/mol. The van der Waals surface area contributed by atoms with Gasteiger partial charge in [-0.25, -0.2) is 0 Å². The Bertz CT molecular complexity index is 533. The molecule has 0 aliphatic carbocycles. The van der Waals surface area contributed by atoms with Crippen molar-refractivity contribution in [2.24, 2.45) is 5.92 Å². The van der Waals surface area contributed by atoms with Crippen LogP contribution in [0.1, 0.15) is 39.3 Å². The van der Waals surface area contributed by atoms with E-state index in [9.17, 15) is 0 Å². The molecule has 104 valence electrons. The Hall–Kier alpha value is -0.990. The summed E-state index contributed by atoms with van der Waals surface area (Å²) >= 11 is 6.40. The number of halogens is 1. The zero-order valence-electron chi connectivity index (χ0n) is 12.0. The molecule has 0 spiro atoms. The summed E-state index contributed by atoms with van der Waals surface area (Å²) in [6, 6.07) is 8.67. The second-order valence-electron chi connectivity index (χ2n) is 5.49. The number of benzene rings is 1. The topological polar surface area (TPSA) is 27.8 Å². The van der Waals surface area contributed by atoms with Crippen molar-refractivity contribution in [3.63, 3.8) is 0 Å². The standard InChI is InChI=1S/C16H23ClN2/c1-4-11(2)9-12(3)18-10-15-16(17)13-7-5-6-8-14(13)19-15/h5-8,11-12,18-19H,4,9-10H2,1-3H3. The van der Waals surface area contributed by atoms with Crippen LogP contribution >= 0.6 is 11.6 Å². The Morgan fingerprint density at radius 2 is 2.00 bits per heavy atom. The number of hydrogen-bond acceptors (Lipinski definition) is 1. The number of aromatic nitrogens is 1. The van der Waals surface area contributed by atoms with E-state index in [2.05, 4.69) is 43.2 Å². The third-order valence-corrected chi connectivity index (χ3v) is 4.23. The van der Waals surface area contributed by atoms with Gasteiger partial charge in [0.1, 0.15) is 0 Å². The molecule has 1 aromatic heterocycles. The lowest BCUT2D eigenvalue weighted by molar-refractivity contribution is 0.411. The Morgan fingerprint density at radius 3 is 2.68 bits per heavy atom. The number of hydrogen-bond donors (Lipinski definition) is 2. The molecule has 0 bridgehead atoms. The number of aromatic amines is 1. The molecule has 2 atom stereocenters. The molecule has 2 aromatic rings. The van der Waals surface area contributed by atoms with Crippen molar-refractivity contribution >= 4 is 22.5 Å². The van der Waals surface area contributed by atoms with Crippen LogP contribution in [-0.4, -0.2) is 11.0 Å². The van der Waals surface area contributed by atoms with E-state index in [0.29, 0.717) is 6.04 Å². The third-order valence-electron chi connectivity index (χ3n) is 3.79. The van der Waals surface area contributed by atoms with Crippen LogP contribution in [0.15, 0.2) is 24.3 Å². The van der Waals surface area contributed by atoms with E-state index in [-0.39, 0.29) is 0 Å². The largest absolute Gasteiger partial charge is 0.356 e. The molecule has 19 heavy (non-hydrogen) atoms. The Morgan fingerprint density at radius 1 is 1.26 bits per heavy atom. The highest BCUT2D eigenvalue weighted by atomic mass is 35.5. The molecule has 2 rings (SSSR count). The average molecular weight is 279 g/mol. The molecule has 1 heterocycles. The van der Waals surface area contributed by atoms with Gasteiger partial charge in [0, 0.05) is 29.2 Å². The molecular formula is C16H23ClN2. The summed E-state index contributed by atoms with van der Waals surface area (Å²) < 4.78 is 0. The highest BCUT2D eigenvalue weighted by molar-refractivity contribution is 6.36. The summed E-state index contributed by atoms with van der Waals surface area (Å²) in [7, 11) is 0. The molecule has 2 nitrogen and oxygen atoms in total. The van der Waals surface area contributed by atoms with E-state index in [0.717, 1.165) is 34.1 Å². The number of H-pyrrole nitrogens is 1. The lowest BCUT2D eigenvalue weighted by Crippen LogP contribution is -2.27. The van der Waals surface area contributed by atoms with Crippen LogP contribution in [0.5, 0.6) is 0 Å². The van der Waals surface area contributed by atoms with Crippen LogP contribution in [0.25, 0.3) is 10.9 Å². The van der Waals surface area contributed by atoms with E-state index in [4.69, 9.17) is 11.6 Å². The summed E-state index contributed by atoms with van der Waals surface area (Å²) in [5.41, 5.74) is 2.19. The lowest BCUT2D eigenvalue weighted by atomic mass is 10.0. The van der Waals surface area contributed by atoms with Gasteiger partial charge in [-0.15, -0.1) is 0 Å². The molecule has 0 radical (unpaired) electrons. The van der Waals surface area contributed by atoms with E-state index in [1.54, 1.807) is 0 Å². The van der Waals surface area contributed by atoms with Crippen LogP contribution in [0.3, 0.4) is 0 Å². The molecule has 0 saturated carbocycles. The minimum atomic E-state index is 0.512. The summed E-state index contributed by atoms with van der Waals surface area (Å²) in [4.78, 5) is 3.39. The first-order valence-electron chi connectivity index (χ1n) is 7.10. The van der Waals surface area contributed by atoms with E-state index in [1.807, 2.05) is 12.1 Å². The zero-order valence-corrected chi connectivity index (χ0v) is 12.7. The molecular weight excluding hydrogens is 256 g/mol. The highest BCUT2D eigenvalue weighted by Crippen LogP contribution is 2.27. The van der Waals surface area contributed by atoms with Crippen molar-refractivity contribution in [2.45, 2.75) is 46.2 Å². The smallest absolute Gasteiger partial charge is 0.0705 e. The minimum Gasteiger partial charge on any atom is -0.356 e. The van der Waals surface area contributed by atoms with Gasteiger partial charge in [0.05, 0.1) is 5.02 Å². The van der Waals surface area contributed by atoms with Crippen molar-refractivity contribution in [1.29, 1.82) is 0 Å². The number of para-hydroxylation sites is 1. The van der Waals surface area contributed by atoms with Crippen LogP contribution in [0.4, 0.5) is 0 Å². The van der Waals surface area contributed by atoms with Crippen LogP contribution < -0.4 is 5.32 Å². The fourth-order valence-corrected chi connectivity index (χ4v) is 2.69. The first-order valence-corrected chi connectivity index (χ1v) is 7.48. The highest BCUT2D eigenvalue weighted by Gasteiger charge is 2.11. The molecule has 2 unspecified atom stereocenters. The maximum atomic E-state index is 6.40. The number of nitrogens with one attached hydrogen (secondary N) is 2. The number of rotatable bonds is 6. The Kier molecular flexibility index (Phi) is 4.89. The Labute approximate surface area is 120 Å². The minimum absolute atomic E-state index is 0.512. The lowest BCUT2D eigenvalue weighted by Gasteiger charge is -2.17. The fourth-order valence-electron chi connectivity index (χ4n) is 2.42. The predicted molar refractivity (Wildman–Crippen MR) is 83.7 cm³/mol. The quantitative estimate of drug-likeness (QED) is 0.785. The zero-order chi connectivity index (χ0) is 13.8. The van der Waals surface area contributed by atoms with Crippen LogP contribution in [0.2, 0.25) is 5.02 Å². The molecule has 0 amide bonds. The normalized spacial score (nSPS) is 14.7. The maximum absolute atomic E-state index is 6.40. The van der Waals surface area contributed by atoms with Gasteiger partial charge in [-0.3, -0.25) is 0 Å². The van der Waals surface area contributed by atoms with Gasteiger partial charge in [-0.1, -0.05) is 50.1 Å². The fraction of sp³-hybridized carbons (Fsp3) is 0.500. The van der Waals surface area contributed by atoms with E-state index in [1.165, 1.54) is 12.8 Å². The van der Waals surface area contributed by atoms with Gasteiger partial charge in [-0.05, 0) is 25.3 Å². The molecule has 2 N–H and O–H groups in total. The molecule has 3 heteroatoms. The first-order chi connectivity index (χ1) is 9.11. The first kappa shape index (κ1) is 14.4. The summed E-state index contributed by atoms with van der Waals surface area (Å²) in [5.74, 6) is 0.765. The van der Waals surface area contributed by atoms with Gasteiger partial charge in [0.15, 0.2) is 0 Å². The van der Waals surface area contributed by atoms with E-state index < -0.39 is 0 Å². The third kappa shape index (κ3) is 3.52. The van der Waals surface area contributed by atoms with Crippen molar-refractivity contribution in [2.75, 3.05) is 0 Å². The number of fused-ring (bicyclic) bond motifs is 1. The van der Waals surface area contributed by atoms with Crippen LogP contribution in [-0.2, 0) is 6.54 Å². The average Bonchev–Trinajstić information content (AvgIpc) is 2.73. The van der Waals surface area contributed by atoms with Gasteiger partial charge < -0.3 is 10.3 Å². The summed E-state index contributed by atoms with van der Waals surface area (Å²) in [5, 5.41) is 5.50. The Balaban J connectivity index is 2.00.